The quantitative estimate of drug-likeness (QED) is 0.483. The zero-order chi connectivity index (χ0) is 5.98. The second kappa shape index (κ2) is 2.51. The summed E-state index contributed by atoms with van der Waals surface area (Å²) in [5.41, 5.74) is 0. The third kappa shape index (κ3) is 1.49. The summed E-state index contributed by atoms with van der Waals surface area (Å²) in [5, 5.41) is 0. The van der Waals surface area contributed by atoms with Gasteiger partial charge in [0, 0.05) is 25.9 Å². The van der Waals surface area contributed by atoms with Crippen LogP contribution in [0.25, 0.3) is 0 Å². The second-order valence-electron chi connectivity index (χ2n) is 1.99. The molecule has 0 aromatic heterocycles. The summed E-state index contributed by atoms with van der Waals surface area (Å²) < 4.78 is 1.88. The summed E-state index contributed by atoms with van der Waals surface area (Å²) in [7, 11) is 0. The van der Waals surface area contributed by atoms with E-state index >= 15 is 0 Å². The Kier molecular flexibility index (Phi) is 1.91. The van der Waals surface area contributed by atoms with E-state index < -0.39 is 0 Å². The summed E-state index contributed by atoms with van der Waals surface area (Å²) >= 11 is 4.08. The van der Waals surface area contributed by atoms with E-state index in [1.807, 2.05) is 4.31 Å². The Morgan fingerprint density at radius 2 is 1.88 bits per heavy atom. The van der Waals surface area contributed by atoms with E-state index in [2.05, 4.69) is 12.8 Å². The van der Waals surface area contributed by atoms with E-state index in [0.29, 0.717) is 18.6 Å². The van der Waals surface area contributed by atoms with Gasteiger partial charge in [-0.05, 0) is 0 Å². The van der Waals surface area contributed by atoms with Crippen LogP contribution in [-0.4, -0.2) is 23.2 Å². The minimum absolute atomic E-state index is 0.371. The van der Waals surface area contributed by atoms with Gasteiger partial charge in [-0.15, -0.1) is 0 Å². The van der Waals surface area contributed by atoms with Crippen molar-refractivity contribution in [1.82, 2.24) is 4.31 Å². The lowest BCUT2D eigenvalue weighted by molar-refractivity contribution is -0.120. The maximum atomic E-state index is 10.5. The van der Waals surface area contributed by atoms with E-state index in [0.717, 1.165) is 13.1 Å². The molecule has 0 saturated carbocycles. The van der Waals surface area contributed by atoms with Gasteiger partial charge in [0.25, 0.3) is 0 Å². The number of rotatable bonds is 0. The Balaban J connectivity index is 2.29. The van der Waals surface area contributed by atoms with Crippen LogP contribution in [0.5, 0.6) is 0 Å². The van der Waals surface area contributed by atoms with Crippen LogP contribution in [0.3, 0.4) is 0 Å². The molecule has 0 amide bonds. The number of piperidine rings is 1. The van der Waals surface area contributed by atoms with E-state index in [4.69, 9.17) is 0 Å². The molecule has 0 N–H and O–H groups in total. The molecule has 1 rings (SSSR count). The lowest BCUT2D eigenvalue weighted by Gasteiger charge is -2.18. The highest BCUT2D eigenvalue weighted by atomic mass is 32.1. The molecule has 0 bridgehead atoms. The standard InChI is InChI=1S/C5H9NOS/c7-5-1-3-6(8)4-2-5/h8H,1-4H2. The zero-order valence-electron chi connectivity index (χ0n) is 4.63. The Morgan fingerprint density at radius 1 is 1.38 bits per heavy atom. The average Bonchev–Trinajstić information content (AvgIpc) is 1.77. The molecular formula is C5H9NOS. The molecule has 0 aromatic rings. The second-order valence-corrected chi connectivity index (χ2v) is 2.56. The van der Waals surface area contributed by atoms with Gasteiger partial charge in [-0.2, -0.15) is 0 Å². The van der Waals surface area contributed by atoms with Crippen LogP contribution in [0.15, 0.2) is 0 Å². The molecule has 1 aliphatic heterocycles. The van der Waals surface area contributed by atoms with Gasteiger partial charge in [-0.1, -0.05) is 12.8 Å². The number of nitrogens with zero attached hydrogens (tertiary/aromatic N) is 1. The maximum absolute atomic E-state index is 10.5. The van der Waals surface area contributed by atoms with E-state index in [1.54, 1.807) is 0 Å². The van der Waals surface area contributed by atoms with Gasteiger partial charge in [-0.3, -0.25) is 9.10 Å². The fourth-order valence-electron chi connectivity index (χ4n) is 0.744. The molecule has 0 atom stereocenters. The predicted molar refractivity (Wildman–Crippen MR) is 34.8 cm³/mol. The summed E-state index contributed by atoms with van der Waals surface area (Å²) in [6, 6.07) is 0. The highest BCUT2D eigenvalue weighted by Gasteiger charge is 2.11. The molecule has 0 aliphatic carbocycles. The smallest absolute Gasteiger partial charge is 0.135 e. The minimum Gasteiger partial charge on any atom is -0.300 e. The van der Waals surface area contributed by atoms with Crippen LogP contribution >= 0.6 is 12.8 Å². The van der Waals surface area contributed by atoms with Crippen LogP contribution in [-0.2, 0) is 4.79 Å². The Bertz CT molecular complexity index is 94.6. The summed E-state index contributed by atoms with van der Waals surface area (Å²) in [4.78, 5) is 10.5. The Hall–Kier alpha value is -0.0200. The van der Waals surface area contributed by atoms with Gasteiger partial charge in [0.15, 0.2) is 0 Å². The summed E-state index contributed by atoms with van der Waals surface area (Å²) in [5.74, 6) is 0.371. The van der Waals surface area contributed by atoms with E-state index in [1.165, 1.54) is 0 Å². The van der Waals surface area contributed by atoms with Crippen molar-refractivity contribution < 1.29 is 4.79 Å². The molecule has 2 nitrogen and oxygen atoms in total. The van der Waals surface area contributed by atoms with Crippen molar-refractivity contribution in [2.45, 2.75) is 12.8 Å². The predicted octanol–water partition coefficient (Wildman–Crippen LogP) is 0.496. The molecule has 1 aliphatic rings. The monoisotopic (exact) mass is 131 g/mol. The van der Waals surface area contributed by atoms with Crippen molar-refractivity contribution in [3.8, 4) is 0 Å². The van der Waals surface area contributed by atoms with Crippen molar-refractivity contribution in [2.75, 3.05) is 13.1 Å². The Labute approximate surface area is 54.4 Å². The van der Waals surface area contributed by atoms with Crippen molar-refractivity contribution >= 4 is 18.6 Å². The third-order valence-corrected chi connectivity index (χ3v) is 1.70. The molecule has 3 heteroatoms. The molecule has 0 radical (unpaired) electrons. The zero-order valence-corrected chi connectivity index (χ0v) is 5.53. The topological polar surface area (TPSA) is 20.3 Å². The van der Waals surface area contributed by atoms with Crippen LogP contribution in [0.1, 0.15) is 12.8 Å². The highest BCUT2D eigenvalue weighted by molar-refractivity contribution is 7.77. The van der Waals surface area contributed by atoms with Gasteiger partial charge < -0.3 is 0 Å². The first-order valence-electron chi connectivity index (χ1n) is 2.74. The normalized spacial score (nSPS) is 23.9. The molecule has 1 saturated heterocycles. The van der Waals surface area contributed by atoms with Crippen LogP contribution in [0.2, 0.25) is 0 Å². The molecular weight excluding hydrogens is 122 g/mol. The summed E-state index contributed by atoms with van der Waals surface area (Å²) in [6.07, 6.45) is 1.37. The number of Topliss-reactive ketones (excluding diaryl/α,β-unsaturated/α-hetero) is 1. The van der Waals surface area contributed by atoms with Gasteiger partial charge in [0.1, 0.15) is 5.78 Å². The minimum atomic E-state index is 0.371. The van der Waals surface area contributed by atoms with Crippen molar-refractivity contribution in [1.29, 1.82) is 0 Å². The number of hydrogen-bond donors (Lipinski definition) is 1. The van der Waals surface area contributed by atoms with Crippen molar-refractivity contribution in [2.24, 2.45) is 0 Å². The number of ketones is 1. The molecule has 0 aromatic carbocycles. The van der Waals surface area contributed by atoms with Gasteiger partial charge in [0.2, 0.25) is 0 Å². The first-order valence-corrected chi connectivity index (χ1v) is 3.14. The summed E-state index contributed by atoms with van der Waals surface area (Å²) in [6.45, 7) is 1.64. The average molecular weight is 131 g/mol. The van der Waals surface area contributed by atoms with Crippen molar-refractivity contribution in [3.05, 3.63) is 0 Å². The molecule has 46 valence electrons. The first kappa shape index (κ1) is 6.11. The van der Waals surface area contributed by atoms with Crippen molar-refractivity contribution in [3.63, 3.8) is 0 Å². The van der Waals surface area contributed by atoms with Gasteiger partial charge in [-0.25, -0.2) is 0 Å². The lowest BCUT2D eigenvalue weighted by Crippen LogP contribution is -2.26. The number of hydrogen-bond acceptors (Lipinski definition) is 3. The maximum Gasteiger partial charge on any atom is 0.135 e. The Morgan fingerprint density at radius 3 is 2.25 bits per heavy atom. The van der Waals surface area contributed by atoms with Gasteiger partial charge >= 0.3 is 0 Å². The SMILES string of the molecule is O=C1CCN(S)CC1. The number of carbonyl (C=O) groups is 1. The fourth-order valence-corrected chi connectivity index (χ4v) is 0.944. The number of carbonyl (C=O) groups excluding carboxylic acids is 1. The van der Waals surface area contributed by atoms with Crippen LogP contribution in [0, 0.1) is 0 Å². The molecule has 0 unspecified atom stereocenters. The van der Waals surface area contributed by atoms with E-state index in [9.17, 15) is 4.79 Å². The molecule has 0 spiro atoms. The third-order valence-electron chi connectivity index (χ3n) is 1.30. The van der Waals surface area contributed by atoms with Gasteiger partial charge in [0.05, 0.1) is 0 Å². The highest BCUT2D eigenvalue weighted by Crippen LogP contribution is 2.06. The fraction of sp³-hybridized carbons (Fsp3) is 0.800. The largest absolute Gasteiger partial charge is 0.300 e. The van der Waals surface area contributed by atoms with Crippen LogP contribution < -0.4 is 0 Å². The molecule has 8 heavy (non-hydrogen) atoms. The first-order chi connectivity index (χ1) is 3.79. The number of thiol groups is 1. The van der Waals surface area contributed by atoms with Crippen LogP contribution in [0.4, 0.5) is 0 Å². The molecule has 1 heterocycles. The molecule has 1 fully saturated rings. The van der Waals surface area contributed by atoms with E-state index in [-0.39, 0.29) is 0 Å². The lowest BCUT2D eigenvalue weighted by atomic mass is 10.1.